The molecule has 6 aliphatic rings. The number of anilines is 12. The second kappa shape index (κ2) is 46.7. The number of halogens is 11. The van der Waals surface area contributed by atoms with Crippen molar-refractivity contribution < 1.29 is 9.84 Å². The summed E-state index contributed by atoms with van der Waals surface area (Å²) in [6.45, 7) is 36.3. The summed E-state index contributed by atoms with van der Waals surface area (Å²) in [5.74, 6) is 7.12. The Morgan fingerprint density at radius 1 is 0.310 bits per heavy atom. The van der Waals surface area contributed by atoms with Gasteiger partial charge in [-0.15, -0.1) is 0 Å². The van der Waals surface area contributed by atoms with Crippen molar-refractivity contribution in [3.05, 3.63) is 195 Å². The number of methoxy groups -OCH3 is 1. The maximum absolute atomic E-state index is 9.75. The number of ether oxygens (including phenoxy) is 1. The molecule has 6 aromatic heterocycles. The number of piperidine rings is 6. The van der Waals surface area contributed by atoms with E-state index in [1.54, 1.807) is 74.6 Å². The van der Waals surface area contributed by atoms with Crippen LogP contribution < -0.4 is 80.0 Å². The van der Waals surface area contributed by atoms with Crippen molar-refractivity contribution in [3.63, 3.8) is 0 Å². The van der Waals surface area contributed by atoms with Gasteiger partial charge in [-0.3, -0.25) is 0 Å². The predicted molar refractivity (Wildman–Crippen MR) is 593 cm³/mol. The van der Waals surface area contributed by atoms with Crippen LogP contribution in [-0.2, 0) is 0 Å². The zero-order valence-electron chi connectivity index (χ0n) is 82.1. The molecule has 142 heavy (non-hydrogen) atoms. The van der Waals surface area contributed by atoms with Crippen LogP contribution >= 0.6 is 128 Å². The average Bonchev–Trinajstić information content (AvgIpc) is 0.797. The van der Waals surface area contributed by atoms with E-state index in [9.17, 15) is 5.11 Å². The molecule has 6 saturated heterocycles. The van der Waals surface area contributed by atoms with Crippen molar-refractivity contribution in [1.29, 1.82) is 0 Å². The summed E-state index contributed by atoms with van der Waals surface area (Å²) in [5, 5.41) is 14.6. The Morgan fingerprint density at radius 2 is 0.599 bits per heavy atom. The van der Waals surface area contributed by atoms with Gasteiger partial charge >= 0.3 is 0 Å². The molecular weight excluding hydrogens is 2020 g/mol. The van der Waals surface area contributed by atoms with E-state index in [0.29, 0.717) is 193 Å². The molecule has 0 spiro atoms. The van der Waals surface area contributed by atoms with Crippen molar-refractivity contribution in [2.45, 2.75) is 159 Å². The van der Waals surface area contributed by atoms with Crippen LogP contribution in [0.25, 0.3) is 67.0 Å². The fourth-order valence-corrected chi connectivity index (χ4v) is 19.3. The third kappa shape index (κ3) is 27.4. The zero-order valence-corrected chi connectivity index (χ0v) is 90.4. The molecule has 18 rings (SSSR count). The van der Waals surface area contributed by atoms with Crippen LogP contribution in [0.15, 0.2) is 134 Å². The van der Waals surface area contributed by atoms with E-state index < -0.39 is 0 Å². The van der Waals surface area contributed by atoms with Gasteiger partial charge in [0.05, 0.1) is 74.8 Å². The number of nitrogens with two attached hydrogens (primary N) is 8. The fourth-order valence-electron chi connectivity index (χ4n) is 17.1. The molecule has 12 heterocycles. The van der Waals surface area contributed by atoms with Crippen molar-refractivity contribution in [1.82, 2.24) is 59.8 Å². The standard InChI is InChI=1S/C18H22Cl2N4O.C18H23ClN4.C17H21Cl2N5.C17H20Cl2N4O.C17H20Cl2N4.C16H19Cl2N5/c1-18(2)4-6-24(7-5-18)17-22-10-13(16(21)23-17)12-8-11(25-3)9-14(19)15(12)20;1-12-5-4-6-13(15(12)19)14-11-21-17(22-16(14)20)23-9-7-18(2,3)8-10-23;1-17(10-20)5-7-24(8-6-17)13-9-22-15(16(21)23-13)11-3-2-4-12(18)14(11)19;1-17(2)3-5-23(6-4-17)16-21-9-12(15(20)22-16)11-7-10(24)8-13(18)14(11)19;1-17(2)6-8-23(9-7-17)13-10-21-15(16(20)22-13)11-4-3-5-12(18)14(11)19;1-16(20)5-7-23(8-6-16)15-21-9-11(14(19)22-15)10-3-2-4-12(17)13(10)18/h8-10H,4-7H2,1-3H3,(H2,21,22,23);4-6,11H,7-10H2,1-3H3,(H2,20,21,22);2-4,9H,5-8,10,20H2,1H3,(H2,21,23);7-9,24H,3-6H2,1-2H3,(H2,20,21,22);3-5,10H,6-9H2,1-2H3,(H2,20,22);2-4,9H,5-8,20H2,1H3,(H2,19,21,22). The smallest absolute Gasteiger partial charge is 0.227 e. The number of hydrogen-bond acceptors (Lipinski definition) is 28. The van der Waals surface area contributed by atoms with Gasteiger partial charge in [-0.25, -0.2) is 39.9 Å². The summed E-state index contributed by atoms with van der Waals surface area (Å²) < 4.78 is 5.26. The minimum absolute atomic E-state index is 0.0149. The van der Waals surface area contributed by atoms with E-state index in [1.165, 1.54) is 12.1 Å². The zero-order chi connectivity index (χ0) is 103. The highest BCUT2D eigenvalue weighted by Crippen LogP contribution is 2.47. The largest absolute Gasteiger partial charge is 0.508 e. The van der Waals surface area contributed by atoms with Crippen LogP contribution in [0.5, 0.6) is 11.5 Å². The summed E-state index contributed by atoms with van der Waals surface area (Å²) in [5.41, 5.74) is 59.6. The summed E-state index contributed by atoms with van der Waals surface area (Å²) in [6.07, 6.45) is 23.1. The van der Waals surface area contributed by atoms with Gasteiger partial charge in [0.1, 0.15) is 57.8 Å². The normalized spacial score (nSPS) is 17.1. The van der Waals surface area contributed by atoms with Gasteiger partial charge in [0, 0.05) is 177 Å². The number of phenols is 1. The maximum Gasteiger partial charge on any atom is 0.227 e. The average molecular weight is 2150 g/mol. The van der Waals surface area contributed by atoms with Crippen LogP contribution in [0.1, 0.15) is 152 Å². The quantitative estimate of drug-likeness (QED) is 0.0488. The minimum atomic E-state index is -0.115. The van der Waals surface area contributed by atoms with Crippen molar-refractivity contribution in [2.24, 2.45) is 38.5 Å². The van der Waals surface area contributed by atoms with Crippen LogP contribution in [0.2, 0.25) is 55.2 Å². The first-order valence-electron chi connectivity index (χ1n) is 47.2. The van der Waals surface area contributed by atoms with Gasteiger partial charge in [-0.05, 0) is 160 Å². The lowest BCUT2D eigenvalue weighted by Gasteiger charge is -2.39. The van der Waals surface area contributed by atoms with Crippen LogP contribution in [0.4, 0.5) is 70.3 Å². The number of rotatable bonds is 14. The number of aryl methyl sites for hydroxylation is 1. The monoisotopic (exact) mass is 2140 g/mol. The van der Waals surface area contributed by atoms with E-state index in [1.807, 2.05) is 61.5 Å². The fraction of sp³-hybridized carbons (Fsp3) is 0.417. The van der Waals surface area contributed by atoms with E-state index in [2.05, 4.69) is 158 Å². The van der Waals surface area contributed by atoms with Crippen LogP contribution in [-0.4, -0.2) is 163 Å². The summed E-state index contributed by atoms with van der Waals surface area (Å²) in [7, 11) is 1.57. The molecule has 0 radical (unpaired) electrons. The third-order valence-corrected chi connectivity index (χ3v) is 31.9. The molecule has 12 aromatic rings. The molecule has 39 heteroatoms. The van der Waals surface area contributed by atoms with Gasteiger partial charge in [0.25, 0.3) is 0 Å². The SMILES string of the molecule is CC1(C)CCN(c2cnc(-c3cccc(Cl)c3Cl)c(N)n2)CC1.CC1(C)CCN(c2ncc(-c3cc(O)cc(Cl)c3Cl)c(N)n2)CC1.CC1(CN)CCN(c2cnc(-c3cccc(Cl)c3Cl)c(N)n2)CC1.CC1(N)CCN(c2ncc(-c3cccc(Cl)c3Cl)c(N)n2)CC1.COc1cc(Cl)c(Cl)c(-c2cnc(N3CCC(C)(C)CC3)nc2N)c1.Cc1cccc(-c2cnc(N3CCC(C)(C)CC3)nc2N)c1Cl. The lowest BCUT2D eigenvalue weighted by molar-refractivity contribution is 0.258. The number of nitrogens with zero attached hydrogens (tertiary/aromatic N) is 18. The Morgan fingerprint density at radius 3 is 0.937 bits per heavy atom. The summed E-state index contributed by atoms with van der Waals surface area (Å²) in [6, 6.07) is 28.4. The molecule has 0 aliphatic carbocycles. The van der Waals surface area contributed by atoms with E-state index in [0.717, 1.165) is 189 Å². The first-order chi connectivity index (χ1) is 67.1. The molecule has 756 valence electrons. The maximum atomic E-state index is 9.75. The molecule has 17 N–H and O–H groups in total. The molecular formula is C103H125Cl11N26O2. The van der Waals surface area contributed by atoms with E-state index in [4.69, 9.17) is 178 Å². The minimum Gasteiger partial charge on any atom is -0.508 e. The Bertz CT molecular complexity index is 6140. The van der Waals surface area contributed by atoms with E-state index >= 15 is 0 Å². The number of hydrogen-bond donors (Lipinski definition) is 9. The number of aromatic nitrogens is 12. The lowest BCUT2D eigenvalue weighted by atomic mass is 9.80. The molecule has 28 nitrogen and oxygen atoms in total. The molecule has 0 bridgehead atoms. The Balaban J connectivity index is 0.000000143. The number of aromatic hydroxyl groups is 1. The van der Waals surface area contributed by atoms with Crippen molar-refractivity contribution in [3.8, 4) is 78.5 Å². The first-order valence-corrected chi connectivity index (χ1v) is 51.3. The van der Waals surface area contributed by atoms with Gasteiger partial charge in [-0.2, -0.15) is 19.9 Å². The van der Waals surface area contributed by atoms with Crippen LogP contribution in [0.3, 0.4) is 0 Å². The second-order valence-electron chi connectivity index (χ2n) is 40.5. The van der Waals surface area contributed by atoms with Gasteiger partial charge in [0.2, 0.25) is 23.8 Å². The van der Waals surface area contributed by atoms with Crippen molar-refractivity contribution in [2.75, 3.05) is 156 Å². The highest BCUT2D eigenvalue weighted by Gasteiger charge is 2.35. The number of phenolic OH excluding ortho intramolecular Hbond substituents is 1. The molecule has 6 aromatic carbocycles. The highest BCUT2D eigenvalue weighted by atomic mass is 35.5. The number of nitrogen functional groups attached to an aromatic ring is 6. The van der Waals surface area contributed by atoms with Gasteiger partial charge < -0.3 is 85.1 Å². The molecule has 6 aliphatic heterocycles. The lowest BCUT2D eigenvalue weighted by Crippen LogP contribution is -2.48. The summed E-state index contributed by atoms with van der Waals surface area (Å²) in [4.78, 5) is 66.9. The first kappa shape index (κ1) is 109. The molecule has 6 fully saturated rings. The third-order valence-electron chi connectivity index (χ3n) is 27.4. The Labute approximate surface area is 887 Å². The van der Waals surface area contributed by atoms with E-state index in [-0.39, 0.29) is 21.7 Å². The topological polar surface area (TPSA) is 412 Å². The second-order valence-corrected chi connectivity index (χ2v) is 44.9. The highest BCUT2D eigenvalue weighted by molar-refractivity contribution is 6.46. The van der Waals surface area contributed by atoms with Crippen molar-refractivity contribution >= 4 is 198 Å². The summed E-state index contributed by atoms with van der Waals surface area (Å²) >= 11 is 68.1. The van der Waals surface area contributed by atoms with Crippen LogP contribution in [0, 0.1) is 34.0 Å². The van der Waals surface area contributed by atoms with Gasteiger partial charge in [-0.1, -0.05) is 245 Å². The number of benzene rings is 6. The van der Waals surface area contributed by atoms with Gasteiger partial charge in [0.15, 0.2) is 11.6 Å². The molecule has 0 unspecified atom stereocenters. The Kier molecular flexibility index (Phi) is 35.9. The molecule has 0 atom stereocenters. The predicted octanol–water partition coefficient (Wildman–Crippen LogP) is 25.0. The molecule has 0 amide bonds. The molecule has 0 saturated carbocycles. The Hall–Kier alpha value is -9.89.